The van der Waals surface area contributed by atoms with Gasteiger partial charge in [-0.05, 0) is 43.0 Å². The predicted octanol–water partition coefficient (Wildman–Crippen LogP) is 1.60. The van der Waals surface area contributed by atoms with E-state index in [0.717, 1.165) is 30.4 Å². The lowest BCUT2D eigenvalue weighted by Gasteiger charge is -2.32. The third-order valence-corrected chi connectivity index (χ3v) is 5.24. The zero-order valence-corrected chi connectivity index (χ0v) is 15.9. The molecule has 27 heavy (non-hydrogen) atoms. The molecule has 7 nitrogen and oxygen atoms in total. The Morgan fingerprint density at radius 1 is 1.26 bits per heavy atom. The standard InChI is InChI=1S/C20H27N3O4/c1-14-7-9-22(10-8-14)16-5-3-15(4-6-16)21-18-17(20(26)27-2)13-23(11-12-24)19(18)25/h3-6,14,21,24H,7-13H2,1-2H3. The van der Waals surface area contributed by atoms with Gasteiger partial charge in [0.25, 0.3) is 5.91 Å². The number of β-amino-alcohol motifs (C(OH)–C–C–N with tert-alkyl or cyclic N) is 1. The lowest BCUT2D eigenvalue weighted by atomic mass is 9.99. The van der Waals surface area contributed by atoms with E-state index in [-0.39, 0.29) is 36.9 Å². The Labute approximate surface area is 159 Å². The molecule has 1 aromatic rings. The van der Waals surface area contributed by atoms with Crippen LogP contribution in [0.3, 0.4) is 0 Å². The molecular formula is C20H27N3O4. The Bertz CT molecular complexity index is 721. The van der Waals surface area contributed by atoms with E-state index in [2.05, 4.69) is 17.1 Å². The fraction of sp³-hybridized carbons (Fsp3) is 0.500. The van der Waals surface area contributed by atoms with Crippen molar-refractivity contribution in [2.75, 3.05) is 50.1 Å². The van der Waals surface area contributed by atoms with Crippen molar-refractivity contribution in [3.05, 3.63) is 35.5 Å². The minimum absolute atomic E-state index is 0.137. The first-order valence-electron chi connectivity index (χ1n) is 9.37. The van der Waals surface area contributed by atoms with Crippen molar-refractivity contribution in [1.29, 1.82) is 0 Å². The minimum atomic E-state index is -0.537. The van der Waals surface area contributed by atoms with E-state index in [0.29, 0.717) is 0 Å². The summed E-state index contributed by atoms with van der Waals surface area (Å²) in [5.41, 5.74) is 2.40. The molecule has 0 radical (unpaired) electrons. The van der Waals surface area contributed by atoms with Gasteiger partial charge in [0.2, 0.25) is 0 Å². The van der Waals surface area contributed by atoms with Gasteiger partial charge in [-0.25, -0.2) is 4.79 Å². The van der Waals surface area contributed by atoms with Crippen LogP contribution in [-0.4, -0.2) is 61.8 Å². The summed E-state index contributed by atoms with van der Waals surface area (Å²) in [5, 5.41) is 12.2. The first-order valence-corrected chi connectivity index (χ1v) is 9.37. The molecule has 2 heterocycles. The van der Waals surface area contributed by atoms with E-state index in [4.69, 9.17) is 9.84 Å². The van der Waals surface area contributed by atoms with Crippen LogP contribution in [0.25, 0.3) is 0 Å². The first kappa shape index (κ1) is 19.2. The fourth-order valence-corrected chi connectivity index (χ4v) is 3.52. The number of amides is 1. The van der Waals surface area contributed by atoms with Crippen LogP contribution in [0.1, 0.15) is 19.8 Å². The van der Waals surface area contributed by atoms with Crippen LogP contribution in [-0.2, 0) is 14.3 Å². The van der Waals surface area contributed by atoms with Crippen molar-refractivity contribution >= 4 is 23.3 Å². The molecule has 1 amide bonds. The van der Waals surface area contributed by atoms with Gasteiger partial charge in [0.15, 0.2) is 0 Å². The van der Waals surface area contributed by atoms with Crippen molar-refractivity contribution in [2.24, 2.45) is 5.92 Å². The lowest BCUT2D eigenvalue weighted by molar-refractivity contribution is -0.136. The number of rotatable bonds is 6. The van der Waals surface area contributed by atoms with Gasteiger partial charge in [0, 0.05) is 31.0 Å². The molecule has 0 saturated carbocycles. The van der Waals surface area contributed by atoms with Gasteiger partial charge >= 0.3 is 5.97 Å². The topological polar surface area (TPSA) is 82.1 Å². The van der Waals surface area contributed by atoms with Crippen LogP contribution < -0.4 is 10.2 Å². The van der Waals surface area contributed by atoms with Gasteiger partial charge < -0.3 is 25.0 Å². The maximum atomic E-state index is 12.6. The smallest absolute Gasteiger partial charge is 0.337 e. The number of piperidine rings is 1. The van der Waals surface area contributed by atoms with Crippen LogP contribution in [0.5, 0.6) is 0 Å². The highest BCUT2D eigenvalue weighted by molar-refractivity contribution is 6.08. The van der Waals surface area contributed by atoms with Gasteiger partial charge in [-0.2, -0.15) is 0 Å². The van der Waals surface area contributed by atoms with Gasteiger partial charge in [0.05, 0.1) is 25.8 Å². The van der Waals surface area contributed by atoms with Gasteiger partial charge in [-0.1, -0.05) is 6.92 Å². The normalized spacial score (nSPS) is 18.3. The van der Waals surface area contributed by atoms with E-state index < -0.39 is 5.97 Å². The number of anilines is 2. The molecule has 0 spiro atoms. The highest BCUT2D eigenvalue weighted by Gasteiger charge is 2.34. The maximum Gasteiger partial charge on any atom is 0.337 e. The summed E-state index contributed by atoms with van der Waals surface area (Å²) in [7, 11) is 1.29. The molecule has 2 N–H and O–H groups in total. The molecule has 0 bridgehead atoms. The van der Waals surface area contributed by atoms with Crippen molar-refractivity contribution in [1.82, 2.24) is 4.90 Å². The summed E-state index contributed by atoms with van der Waals surface area (Å²) < 4.78 is 4.80. The molecule has 7 heteroatoms. The summed E-state index contributed by atoms with van der Waals surface area (Å²) >= 11 is 0. The Morgan fingerprint density at radius 2 is 1.93 bits per heavy atom. The van der Waals surface area contributed by atoms with E-state index in [9.17, 15) is 9.59 Å². The summed E-state index contributed by atoms with van der Waals surface area (Å²) in [4.78, 5) is 28.4. The van der Waals surface area contributed by atoms with Crippen LogP contribution in [0.15, 0.2) is 35.5 Å². The van der Waals surface area contributed by atoms with E-state index in [1.807, 2.05) is 24.3 Å². The van der Waals surface area contributed by atoms with Crippen molar-refractivity contribution in [3.8, 4) is 0 Å². The number of methoxy groups -OCH3 is 1. The molecule has 1 saturated heterocycles. The minimum Gasteiger partial charge on any atom is -0.466 e. The average molecular weight is 373 g/mol. The average Bonchev–Trinajstić information content (AvgIpc) is 2.99. The summed E-state index contributed by atoms with van der Waals surface area (Å²) in [5.74, 6) is -0.0648. The summed E-state index contributed by atoms with van der Waals surface area (Å²) in [6.45, 7) is 4.56. The van der Waals surface area contributed by atoms with Crippen molar-refractivity contribution in [2.45, 2.75) is 19.8 Å². The highest BCUT2D eigenvalue weighted by Crippen LogP contribution is 2.26. The van der Waals surface area contributed by atoms with E-state index in [1.54, 1.807) is 0 Å². The molecule has 0 aliphatic carbocycles. The number of hydrogen-bond donors (Lipinski definition) is 2. The van der Waals surface area contributed by atoms with Crippen LogP contribution in [0, 0.1) is 5.92 Å². The van der Waals surface area contributed by atoms with Crippen LogP contribution in [0.4, 0.5) is 11.4 Å². The Kier molecular flexibility index (Phi) is 6.01. The number of nitrogens with one attached hydrogen (secondary N) is 1. The zero-order chi connectivity index (χ0) is 19.4. The number of carbonyl (C=O) groups is 2. The quantitative estimate of drug-likeness (QED) is 0.737. The van der Waals surface area contributed by atoms with Crippen molar-refractivity contribution in [3.63, 3.8) is 0 Å². The third-order valence-electron chi connectivity index (χ3n) is 5.24. The van der Waals surface area contributed by atoms with Gasteiger partial charge in [-0.3, -0.25) is 4.79 Å². The molecule has 0 unspecified atom stereocenters. The highest BCUT2D eigenvalue weighted by atomic mass is 16.5. The molecule has 1 aromatic carbocycles. The Hall–Kier alpha value is -2.54. The second-order valence-electron chi connectivity index (χ2n) is 7.14. The number of benzene rings is 1. The number of aliphatic hydroxyl groups is 1. The monoisotopic (exact) mass is 373 g/mol. The fourth-order valence-electron chi connectivity index (χ4n) is 3.52. The second kappa shape index (κ2) is 8.43. The molecule has 0 aromatic heterocycles. The van der Waals surface area contributed by atoms with E-state index in [1.165, 1.54) is 24.9 Å². The van der Waals surface area contributed by atoms with E-state index >= 15 is 0 Å². The molecule has 3 rings (SSSR count). The number of aliphatic hydroxyl groups excluding tert-OH is 1. The molecule has 2 aliphatic heterocycles. The van der Waals surface area contributed by atoms with Gasteiger partial charge in [-0.15, -0.1) is 0 Å². The first-order chi connectivity index (χ1) is 13.0. The Morgan fingerprint density at radius 3 is 2.52 bits per heavy atom. The van der Waals surface area contributed by atoms with Gasteiger partial charge in [0.1, 0.15) is 5.70 Å². The molecule has 0 atom stereocenters. The SMILES string of the molecule is COC(=O)C1=C(Nc2ccc(N3CCC(C)CC3)cc2)C(=O)N(CCO)C1. The molecule has 1 fully saturated rings. The largest absolute Gasteiger partial charge is 0.466 e. The number of hydrogen-bond acceptors (Lipinski definition) is 6. The molecule has 2 aliphatic rings. The summed E-state index contributed by atoms with van der Waals surface area (Å²) in [6.07, 6.45) is 2.40. The number of nitrogens with zero attached hydrogens (tertiary/aromatic N) is 2. The van der Waals surface area contributed by atoms with Crippen LogP contribution in [0.2, 0.25) is 0 Å². The summed E-state index contributed by atoms with van der Waals surface area (Å²) in [6, 6.07) is 7.89. The Balaban J connectivity index is 1.74. The molecular weight excluding hydrogens is 346 g/mol. The maximum absolute atomic E-state index is 12.6. The number of ether oxygens (including phenoxy) is 1. The van der Waals surface area contributed by atoms with Crippen LogP contribution >= 0.6 is 0 Å². The molecule has 146 valence electrons. The number of esters is 1. The predicted molar refractivity (Wildman–Crippen MR) is 103 cm³/mol. The second-order valence-corrected chi connectivity index (χ2v) is 7.14. The third kappa shape index (κ3) is 4.24. The number of carbonyl (C=O) groups excluding carboxylic acids is 2. The lowest BCUT2D eigenvalue weighted by Crippen LogP contribution is -2.32. The zero-order valence-electron chi connectivity index (χ0n) is 15.9. The van der Waals surface area contributed by atoms with Crippen molar-refractivity contribution < 1.29 is 19.4 Å².